The number of rotatable bonds is 5. The monoisotopic (exact) mass is 534 g/mol. The van der Waals surface area contributed by atoms with Crippen molar-refractivity contribution in [2.75, 3.05) is 38.2 Å². The van der Waals surface area contributed by atoms with E-state index in [0.29, 0.717) is 34.9 Å². The van der Waals surface area contributed by atoms with E-state index >= 15 is 0 Å². The molecule has 2 atom stereocenters. The van der Waals surface area contributed by atoms with Gasteiger partial charge >= 0.3 is 6.18 Å². The maximum absolute atomic E-state index is 14.2. The Labute approximate surface area is 215 Å². The van der Waals surface area contributed by atoms with Crippen LogP contribution in [0.3, 0.4) is 0 Å². The number of halogens is 4. The summed E-state index contributed by atoms with van der Waals surface area (Å²) in [6.07, 6.45) is -1.52. The third-order valence-electron chi connectivity index (χ3n) is 7.21. The zero-order chi connectivity index (χ0) is 27.2. The quantitative estimate of drug-likeness (QED) is 0.506. The number of nitrogens with zero attached hydrogens (tertiary/aromatic N) is 6. The number of amides is 2. The van der Waals surface area contributed by atoms with Gasteiger partial charge in [0, 0.05) is 38.4 Å². The normalized spacial score (nSPS) is 18.5. The molecule has 1 N–H and O–H groups in total. The lowest BCUT2D eigenvalue weighted by atomic mass is 10.0. The van der Waals surface area contributed by atoms with E-state index in [1.807, 2.05) is 4.90 Å². The predicted octanol–water partition coefficient (Wildman–Crippen LogP) is 2.86. The van der Waals surface area contributed by atoms with Gasteiger partial charge in [0.15, 0.2) is 11.7 Å². The van der Waals surface area contributed by atoms with Crippen molar-refractivity contribution >= 4 is 28.8 Å². The van der Waals surface area contributed by atoms with Crippen molar-refractivity contribution in [2.45, 2.75) is 31.5 Å². The molecule has 202 valence electrons. The molecule has 13 heteroatoms. The molecule has 1 aromatic carbocycles. The van der Waals surface area contributed by atoms with E-state index in [4.69, 9.17) is 5.11 Å². The first kappa shape index (κ1) is 25.9. The molecule has 0 spiro atoms. The molecule has 1 saturated heterocycles. The van der Waals surface area contributed by atoms with Crippen molar-refractivity contribution in [3.8, 4) is 0 Å². The Balaban J connectivity index is 1.39. The van der Waals surface area contributed by atoms with Crippen LogP contribution in [0.25, 0.3) is 5.65 Å². The number of aromatic nitrogens is 3. The van der Waals surface area contributed by atoms with E-state index < -0.39 is 42.5 Å². The van der Waals surface area contributed by atoms with Gasteiger partial charge in [-0.2, -0.15) is 17.6 Å². The van der Waals surface area contributed by atoms with Crippen LogP contribution in [0.2, 0.25) is 0 Å². The van der Waals surface area contributed by atoms with Gasteiger partial charge < -0.3 is 19.8 Å². The predicted molar refractivity (Wildman–Crippen MR) is 128 cm³/mol. The molecule has 3 aromatic rings. The summed E-state index contributed by atoms with van der Waals surface area (Å²) in [4.78, 5) is 32.8. The summed E-state index contributed by atoms with van der Waals surface area (Å²) in [5.41, 5.74) is 2.37. The largest absolute Gasteiger partial charge is 0.413 e. The van der Waals surface area contributed by atoms with Gasteiger partial charge in [-0.05, 0) is 37.0 Å². The maximum Gasteiger partial charge on any atom is 0.413 e. The van der Waals surface area contributed by atoms with E-state index in [1.54, 1.807) is 18.3 Å². The first-order chi connectivity index (χ1) is 18.1. The van der Waals surface area contributed by atoms with E-state index in [9.17, 15) is 27.2 Å². The highest BCUT2D eigenvalue weighted by atomic mass is 19.4. The lowest BCUT2D eigenvalue weighted by Crippen LogP contribution is -2.43. The second kappa shape index (κ2) is 9.86. The highest BCUT2D eigenvalue weighted by molar-refractivity contribution is 5.83. The number of aliphatic hydroxyl groups is 1. The van der Waals surface area contributed by atoms with E-state index in [1.165, 1.54) is 27.6 Å². The van der Waals surface area contributed by atoms with Crippen LogP contribution in [0.4, 0.5) is 28.9 Å². The molecule has 0 bridgehead atoms. The Bertz CT molecular complexity index is 1360. The number of anilines is 2. The number of aryl methyl sites for hydroxylation is 1. The Hall–Kier alpha value is -3.74. The molecule has 2 amide bonds. The highest BCUT2D eigenvalue weighted by Crippen LogP contribution is 2.40. The fourth-order valence-corrected chi connectivity index (χ4v) is 5.37. The van der Waals surface area contributed by atoms with Crippen LogP contribution in [0.15, 0.2) is 36.5 Å². The standard InChI is InChI=1S/C25H26F4N6O3/c1-32(24(38)16-8-10-33(13-16)22(37)14-36)23(25(27,28)29)15-4-6-17(7-5-15)34-9-2-3-18-19(34)12-30-21-11-20(26)31-35(18)21/h4-7,11-12,16,23,36H,2-3,8-10,13-14H2,1H3/t16-,23+/m1/s1. The molecule has 2 aliphatic heterocycles. The molecule has 4 heterocycles. The SMILES string of the molecule is CN(C(=O)[C@@H]1CCN(C(=O)CO)C1)[C@@H](c1ccc(N2CCCc3c2cnc2cc(F)nn32)cc1)C(F)(F)F. The first-order valence-electron chi connectivity index (χ1n) is 12.2. The third kappa shape index (κ3) is 4.66. The summed E-state index contributed by atoms with van der Waals surface area (Å²) in [6, 6.07) is 4.88. The van der Waals surface area contributed by atoms with Gasteiger partial charge in [-0.15, -0.1) is 5.10 Å². The summed E-state index contributed by atoms with van der Waals surface area (Å²) in [7, 11) is 1.12. The molecule has 0 radical (unpaired) electrons. The Kier molecular flexibility index (Phi) is 6.72. The topological polar surface area (TPSA) is 94.3 Å². The highest BCUT2D eigenvalue weighted by Gasteiger charge is 2.47. The van der Waals surface area contributed by atoms with Crippen LogP contribution < -0.4 is 4.90 Å². The number of hydrogen-bond acceptors (Lipinski definition) is 6. The van der Waals surface area contributed by atoms with Crippen molar-refractivity contribution < 1.29 is 32.3 Å². The lowest BCUT2D eigenvalue weighted by Gasteiger charge is -2.33. The van der Waals surface area contributed by atoms with Gasteiger partial charge in [0.2, 0.25) is 17.8 Å². The molecule has 1 fully saturated rings. The molecule has 0 aliphatic carbocycles. The molecule has 0 unspecified atom stereocenters. The van der Waals surface area contributed by atoms with Crippen molar-refractivity contribution in [1.82, 2.24) is 24.4 Å². The number of alkyl halides is 3. The summed E-state index contributed by atoms with van der Waals surface area (Å²) >= 11 is 0. The second-order valence-electron chi connectivity index (χ2n) is 9.55. The number of carbonyl (C=O) groups excluding carboxylic acids is 2. The lowest BCUT2D eigenvalue weighted by molar-refractivity contribution is -0.190. The van der Waals surface area contributed by atoms with E-state index in [0.717, 1.165) is 19.2 Å². The van der Waals surface area contributed by atoms with Gasteiger partial charge in [0.05, 0.1) is 23.5 Å². The third-order valence-corrected chi connectivity index (χ3v) is 7.21. The maximum atomic E-state index is 14.2. The van der Waals surface area contributed by atoms with Gasteiger partial charge in [-0.25, -0.2) is 9.50 Å². The van der Waals surface area contributed by atoms with Crippen molar-refractivity contribution in [3.63, 3.8) is 0 Å². The van der Waals surface area contributed by atoms with Crippen LogP contribution in [0.1, 0.15) is 30.1 Å². The summed E-state index contributed by atoms with van der Waals surface area (Å²) in [5.74, 6) is -2.69. The van der Waals surface area contributed by atoms with E-state index in [2.05, 4.69) is 10.1 Å². The van der Waals surface area contributed by atoms with Crippen LogP contribution in [-0.2, 0) is 16.0 Å². The van der Waals surface area contributed by atoms with Crippen molar-refractivity contribution in [3.05, 3.63) is 53.7 Å². The number of carbonyl (C=O) groups is 2. The molecule has 2 aromatic heterocycles. The molecule has 0 saturated carbocycles. The molecule has 2 aliphatic rings. The molecule has 9 nitrogen and oxygen atoms in total. The first-order valence-corrected chi connectivity index (χ1v) is 12.2. The van der Waals surface area contributed by atoms with Crippen LogP contribution >= 0.6 is 0 Å². The minimum Gasteiger partial charge on any atom is -0.387 e. The average Bonchev–Trinajstić information content (AvgIpc) is 3.54. The average molecular weight is 535 g/mol. The Morgan fingerprint density at radius 1 is 1.21 bits per heavy atom. The molecule has 5 rings (SSSR count). The fourth-order valence-electron chi connectivity index (χ4n) is 5.37. The van der Waals surface area contributed by atoms with Crippen molar-refractivity contribution in [2.24, 2.45) is 5.92 Å². The van der Waals surface area contributed by atoms with Crippen molar-refractivity contribution in [1.29, 1.82) is 0 Å². The summed E-state index contributed by atoms with van der Waals surface area (Å²) in [5, 5.41) is 12.9. The fraction of sp³-hybridized carbons (Fsp3) is 0.440. The van der Waals surface area contributed by atoms with Gasteiger partial charge in [-0.3, -0.25) is 9.59 Å². The molecule has 38 heavy (non-hydrogen) atoms. The summed E-state index contributed by atoms with van der Waals surface area (Å²) < 4.78 is 57.8. The van der Waals surface area contributed by atoms with Crippen LogP contribution in [-0.4, -0.2) is 80.8 Å². The smallest absolute Gasteiger partial charge is 0.387 e. The number of aliphatic hydroxyl groups excluding tert-OH is 1. The second-order valence-corrected chi connectivity index (χ2v) is 9.55. The summed E-state index contributed by atoms with van der Waals surface area (Å²) in [6.45, 7) is 0.0607. The molecular weight excluding hydrogens is 508 g/mol. The number of fused-ring (bicyclic) bond motifs is 3. The van der Waals surface area contributed by atoms with Crippen LogP contribution in [0.5, 0.6) is 0 Å². The zero-order valence-electron chi connectivity index (χ0n) is 20.5. The minimum atomic E-state index is -4.73. The van der Waals surface area contributed by atoms with Gasteiger partial charge in [0.25, 0.3) is 0 Å². The Morgan fingerprint density at radius 2 is 1.95 bits per heavy atom. The number of hydrogen-bond donors (Lipinski definition) is 1. The van der Waals surface area contributed by atoms with E-state index in [-0.39, 0.29) is 25.1 Å². The number of likely N-dealkylation sites (tertiary alicyclic amines) is 1. The minimum absolute atomic E-state index is 0.0259. The number of benzene rings is 1. The Morgan fingerprint density at radius 3 is 2.63 bits per heavy atom. The van der Waals surface area contributed by atoms with Gasteiger partial charge in [-0.1, -0.05) is 12.1 Å². The van der Waals surface area contributed by atoms with Gasteiger partial charge in [0.1, 0.15) is 6.61 Å². The molecular formula is C25H26F4N6O3. The van der Waals surface area contributed by atoms with Crippen LogP contribution in [0, 0.1) is 11.9 Å². The zero-order valence-corrected chi connectivity index (χ0v) is 20.5.